The summed E-state index contributed by atoms with van der Waals surface area (Å²) < 4.78 is 12.8. The molecular formula is C18H18FNO. The van der Waals surface area contributed by atoms with Crippen molar-refractivity contribution in [1.29, 1.82) is 0 Å². The standard InChI is InChI=1S/C18H18FNO/c19-15-9-7-13(8-10-15)4-3-11-20-18-16-6-2-1-5-14(16)12-17(18)21/h1-10,17-18,20-21H,11-12H2/b4-3+/t17-,18+/m0/s1. The quantitative estimate of drug-likeness (QED) is 0.903. The first-order valence-electron chi connectivity index (χ1n) is 7.15. The number of aliphatic hydroxyl groups excluding tert-OH is 1. The van der Waals surface area contributed by atoms with Crippen LogP contribution in [0.2, 0.25) is 0 Å². The second-order valence-electron chi connectivity index (χ2n) is 5.31. The van der Waals surface area contributed by atoms with E-state index in [1.54, 1.807) is 12.1 Å². The molecule has 2 atom stereocenters. The van der Waals surface area contributed by atoms with E-state index in [1.165, 1.54) is 23.3 Å². The first-order chi connectivity index (χ1) is 10.2. The number of benzene rings is 2. The normalized spacial score (nSPS) is 20.9. The maximum atomic E-state index is 12.8. The van der Waals surface area contributed by atoms with Crippen LogP contribution in [0.1, 0.15) is 22.7 Å². The molecule has 2 N–H and O–H groups in total. The van der Waals surface area contributed by atoms with Gasteiger partial charge in [-0.05, 0) is 28.8 Å². The number of aliphatic hydroxyl groups is 1. The third kappa shape index (κ3) is 3.20. The Hall–Kier alpha value is -1.97. The first-order valence-corrected chi connectivity index (χ1v) is 7.15. The van der Waals surface area contributed by atoms with E-state index in [4.69, 9.17) is 0 Å². The van der Waals surface area contributed by atoms with Gasteiger partial charge in [-0.25, -0.2) is 4.39 Å². The van der Waals surface area contributed by atoms with Crippen LogP contribution in [0.3, 0.4) is 0 Å². The minimum Gasteiger partial charge on any atom is -0.391 e. The molecule has 0 bridgehead atoms. The molecule has 1 aliphatic carbocycles. The fourth-order valence-corrected chi connectivity index (χ4v) is 2.78. The summed E-state index contributed by atoms with van der Waals surface area (Å²) in [5, 5.41) is 13.5. The van der Waals surface area contributed by atoms with Gasteiger partial charge in [0.1, 0.15) is 5.82 Å². The molecule has 0 aliphatic heterocycles. The SMILES string of the molecule is O[C@H]1Cc2ccccc2[C@H]1NC/C=C/c1ccc(F)cc1. The van der Waals surface area contributed by atoms with Crippen molar-refractivity contribution < 1.29 is 9.50 Å². The summed E-state index contributed by atoms with van der Waals surface area (Å²) in [7, 11) is 0. The summed E-state index contributed by atoms with van der Waals surface area (Å²) in [6.45, 7) is 0.660. The van der Waals surface area contributed by atoms with Crippen molar-refractivity contribution in [2.24, 2.45) is 0 Å². The van der Waals surface area contributed by atoms with E-state index in [1.807, 2.05) is 24.3 Å². The number of hydrogen-bond acceptors (Lipinski definition) is 2. The lowest BCUT2D eigenvalue weighted by Crippen LogP contribution is -2.28. The van der Waals surface area contributed by atoms with E-state index in [9.17, 15) is 9.50 Å². The zero-order valence-corrected chi connectivity index (χ0v) is 11.7. The van der Waals surface area contributed by atoms with Gasteiger partial charge in [-0.15, -0.1) is 0 Å². The molecule has 0 amide bonds. The Morgan fingerprint density at radius 3 is 2.71 bits per heavy atom. The largest absolute Gasteiger partial charge is 0.391 e. The predicted molar refractivity (Wildman–Crippen MR) is 82.3 cm³/mol. The molecular weight excluding hydrogens is 265 g/mol. The highest BCUT2D eigenvalue weighted by molar-refractivity contribution is 5.49. The lowest BCUT2D eigenvalue weighted by Gasteiger charge is -2.16. The van der Waals surface area contributed by atoms with E-state index in [-0.39, 0.29) is 18.0 Å². The molecule has 0 saturated heterocycles. The van der Waals surface area contributed by atoms with Crippen LogP contribution >= 0.6 is 0 Å². The van der Waals surface area contributed by atoms with Gasteiger partial charge in [-0.1, -0.05) is 48.6 Å². The van der Waals surface area contributed by atoms with Crippen molar-refractivity contribution in [3.8, 4) is 0 Å². The molecule has 3 heteroatoms. The Balaban J connectivity index is 1.59. The number of rotatable bonds is 4. The lowest BCUT2D eigenvalue weighted by molar-refractivity contribution is 0.143. The second-order valence-corrected chi connectivity index (χ2v) is 5.31. The summed E-state index contributed by atoms with van der Waals surface area (Å²) >= 11 is 0. The van der Waals surface area contributed by atoms with Crippen LogP contribution in [0.25, 0.3) is 6.08 Å². The van der Waals surface area contributed by atoms with Crippen LogP contribution in [0.4, 0.5) is 4.39 Å². The van der Waals surface area contributed by atoms with Gasteiger partial charge < -0.3 is 10.4 Å². The minimum atomic E-state index is -0.373. The molecule has 0 saturated carbocycles. The van der Waals surface area contributed by atoms with Crippen LogP contribution < -0.4 is 5.32 Å². The molecule has 0 unspecified atom stereocenters. The van der Waals surface area contributed by atoms with Gasteiger partial charge in [-0.3, -0.25) is 0 Å². The van der Waals surface area contributed by atoms with Crippen LogP contribution in [-0.2, 0) is 6.42 Å². The molecule has 3 rings (SSSR count). The number of nitrogens with one attached hydrogen (secondary N) is 1. The van der Waals surface area contributed by atoms with E-state index in [2.05, 4.69) is 17.4 Å². The maximum absolute atomic E-state index is 12.8. The fraction of sp³-hybridized carbons (Fsp3) is 0.222. The van der Waals surface area contributed by atoms with Crippen molar-refractivity contribution in [1.82, 2.24) is 5.32 Å². The summed E-state index contributed by atoms with van der Waals surface area (Å²) in [5.74, 6) is -0.226. The first kappa shape index (κ1) is 14.0. The Bertz CT molecular complexity index is 636. The summed E-state index contributed by atoms with van der Waals surface area (Å²) in [5.41, 5.74) is 3.36. The summed E-state index contributed by atoms with van der Waals surface area (Å²) in [6.07, 6.45) is 4.26. The van der Waals surface area contributed by atoms with E-state index in [0.717, 1.165) is 5.56 Å². The van der Waals surface area contributed by atoms with Gasteiger partial charge in [0.2, 0.25) is 0 Å². The van der Waals surface area contributed by atoms with Gasteiger partial charge in [0.25, 0.3) is 0 Å². The highest BCUT2D eigenvalue weighted by Gasteiger charge is 2.29. The van der Waals surface area contributed by atoms with Crippen molar-refractivity contribution in [3.63, 3.8) is 0 Å². The third-order valence-electron chi connectivity index (χ3n) is 3.84. The van der Waals surface area contributed by atoms with Crippen LogP contribution in [0, 0.1) is 5.82 Å². The Morgan fingerprint density at radius 2 is 1.90 bits per heavy atom. The van der Waals surface area contributed by atoms with Gasteiger partial charge in [-0.2, -0.15) is 0 Å². The van der Waals surface area contributed by atoms with Gasteiger partial charge >= 0.3 is 0 Å². The van der Waals surface area contributed by atoms with E-state index < -0.39 is 0 Å². The van der Waals surface area contributed by atoms with Gasteiger partial charge in [0.05, 0.1) is 12.1 Å². The zero-order valence-electron chi connectivity index (χ0n) is 11.7. The molecule has 0 spiro atoms. The van der Waals surface area contributed by atoms with Crippen LogP contribution in [0.5, 0.6) is 0 Å². The topological polar surface area (TPSA) is 32.3 Å². The monoisotopic (exact) mass is 283 g/mol. The molecule has 0 fully saturated rings. The molecule has 0 heterocycles. The van der Waals surface area contributed by atoms with Crippen LogP contribution in [0.15, 0.2) is 54.6 Å². The molecule has 2 aromatic carbocycles. The molecule has 108 valence electrons. The average molecular weight is 283 g/mol. The third-order valence-corrected chi connectivity index (χ3v) is 3.84. The minimum absolute atomic E-state index is 0.0148. The number of hydrogen-bond donors (Lipinski definition) is 2. The molecule has 0 aromatic heterocycles. The predicted octanol–water partition coefficient (Wildman–Crippen LogP) is 3.09. The smallest absolute Gasteiger partial charge is 0.123 e. The van der Waals surface area contributed by atoms with Crippen molar-refractivity contribution in [2.45, 2.75) is 18.6 Å². The maximum Gasteiger partial charge on any atom is 0.123 e. The second kappa shape index (κ2) is 6.20. The molecule has 1 aliphatic rings. The Labute approximate surface area is 123 Å². The molecule has 0 radical (unpaired) electrons. The van der Waals surface area contributed by atoms with Crippen molar-refractivity contribution in [3.05, 3.63) is 77.1 Å². The van der Waals surface area contributed by atoms with Crippen molar-refractivity contribution in [2.75, 3.05) is 6.54 Å². The molecule has 2 aromatic rings. The van der Waals surface area contributed by atoms with E-state index >= 15 is 0 Å². The molecule has 21 heavy (non-hydrogen) atoms. The lowest BCUT2D eigenvalue weighted by atomic mass is 10.1. The van der Waals surface area contributed by atoms with Crippen LogP contribution in [-0.4, -0.2) is 17.8 Å². The fourth-order valence-electron chi connectivity index (χ4n) is 2.78. The van der Waals surface area contributed by atoms with Gasteiger partial charge in [0.15, 0.2) is 0 Å². The average Bonchev–Trinajstić information content (AvgIpc) is 2.81. The number of halogens is 1. The van der Waals surface area contributed by atoms with Gasteiger partial charge in [0, 0.05) is 13.0 Å². The number of fused-ring (bicyclic) bond motifs is 1. The highest BCUT2D eigenvalue weighted by Crippen LogP contribution is 2.30. The Morgan fingerprint density at radius 1 is 1.14 bits per heavy atom. The zero-order chi connectivity index (χ0) is 14.7. The van der Waals surface area contributed by atoms with Crippen molar-refractivity contribution >= 4 is 6.08 Å². The Kier molecular flexibility index (Phi) is 4.13. The summed E-state index contributed by atoms with van der Waals surface area (Å²) in [6, 6.07) is 14.5. The molecule has 2 nitrogen and oxygen atoms in total. The van der Waals surface area contributed by atoms with E-state index in [0.29, 0.717) is 13.0 Å². The summed E-state index contributed by atoms with van der Waals surface area (Å²) in [4.78, 5) is 0. The highest BCUT2D eigenvalue weighted by atomic mass is 19.1.